The van der Waals surface area contributed by atoms with Gasteiger partial charge in [-0.05, 0) is 73.4 Å². The van der Waals surface area contributed by atoms with Gasteiger partial charge in [-0.25, -0.2) is 8.42 Å². The van der Waals surface area contributed by atoms with Crippen LogP contribution in [0.4, 0.5) is 0 Å². The molecule has 3 aromatic rings. The zero-order valence-corrected chi connectivity index (χ0v) is 19.6. The van der Waals surface area contributed by atoms with Crippen LogP contribution in [0.2, 0.25) is 5.02 Å². The molecule has 33 heavy (non-hydrogen) atoms. The molecule has 0 saturated heterocycles. The highest BCUT2D eigenvalue weighted by Crippen LogP contribution is 2.28. The zero-order valence-electron chi connectivity index (χ0n) is 18.0. The van der Waals surface area contributed by atoms with Crippen molar-refractivity contribution in [3.8, 4) is 5.69 Å². The van der Waals surface area contributed by atoms with Crippen LogP contribution >= 0.6 is 11.6 Å². The van der Waals surface area contributed by atoms with Gasteiger partial charge in [0.1, 0.15) is 0 Å². The first-order valence-electron chi connectivity index (χ1n) is 10.9. The van der Waals surface area contributed by atoms with E-state index >= 15 is 0 Å². The molecular weight excluding hydrogens is 460 g/mol. The van der Waals surface area contributed by atoms with Gasteiger partial charge < -0.3 is 5.32 Å². The van der Waals surface area contributed by atoms with Crippen LogP contribution in [0.5, 0.6) is 0 Å². The minimum absolute atomic E-state index is 0.0184. The Morgan fingerprint density at radius 3 is 2.36 bits per heavy atom. The molecule has 1 unspecified atom stereocenters. The van der Waals surface area contributed by atoms with Crippen molar-refractivity contribution >= 4 is 27.3 Å². The molecule has 1 amide bonds. The average Bonchev–Trinajstić information content (AvgIpc) is 2.81. The van der Waals surface area contributed by atoms with Crippen LogP contribution in [-0.2, 0) is 9.84 Å². The number of carbonyl (C=O) groups excluding carboxylic acids is 1. The van der Waals surface area contributed by atoms with Gasteiger partial charge in [-0.1, -0.05) is 30.5 Å². The highest BCUT2D eigenvalue weighted by Gasteiger charge is 2.31. The lowest BCUT2D eigenvalue weighted by atomic mass is 9.85. The maximum atomic E-state index is 12.9. The number of nitrogens with zero attached hydrogens (tertiary/aromatic N) is 1. The first-order chi connectivity index (χ1) is 15.8. The maximum absolute atomic E-state index is 12.9. The van der Waals surface area contributed by atoms with Gasteiger partial charge in [0.2, 0.25) is 0 Å². The number of sulfone groups is 1. The first-order valence-corrected chi connectivity index (χ1v) is 12.9. The van der Waals surface area contributed by atoms with Crippen molar-refractivity contribution in [2.45, 2.75) is 36.6 Å². The summed E-state index contributed by atoms with van der Waals surface area (Å²) in [5.74, 6) is -0.427. The van der Waals surface area contributed by atoms with Crippen LogP contribution in [0.1, 0.15) is 36.0 Å². The second-order valence-corrected chi connectivity index (χ2v) is 10.8. The van der Waals surface area contributed by atoms with Gasteiger partial charge in [0.15, 0.2) is 9.84 Å². The van der Waals surface area contributed by atoms with E-state index in [2.05, 4.69) is 5.32 Å². The van der Waals surface area contributed by atoms with E-state index in [0.717, 1.165) is 25.7 Å². The van der Waals surface area contributed by atoms with Gasteiger partial charge in [-0.3, -0.25) is 14.2 Å². The van der Waals surface area contributed by atoms with E-state index in [0.29, 0.717) is 16.3 Å². The van der Waals surface area contributed by atoms with Crippen molar-refractivity contribution in [2.24, 2.45) is 5.92 Å². The topological polar surface area (TPSA) is 85.2 Å². The monoisotopic (exact) mass is 484 g/mol. The quantitative estimate of drug-likeness (QED) is 0.566. The van der Waals surface area contributed by atoms with Crippen LogP contribution < -0.4 is 10.9 Å². The van der Waals surface area contributed by atoms with E-state index in [1.165, 1.54) is 22.8 Å². The molecule has 1 N–H and O–H groups in total. The third kappa shape index (κ3) is 5.54. The van der Waals surface area contributed by atoms with Gasteiger partial charge in [-0.15, -0.1) is 0 Å². The summed E-state index contributed by atoms with van der Waals surface area (Å²) in [6.45, 7) is 0. The normalized spacial score (nSPS) is 18.6. The van der Waals surface area contributed by atoms with Crippen molar-refractivity contribution in [3.63, 3.8) is 0 Å². The summed E-state index contributed by atoms with van der Waals surface area (Å²) in [4.78, 5) is 25.1. The van der Waals surface area contributed by atoms with Crippen LogP contribution in [0.15, 0.2) is 82.6 Å². The molecule has 1 heterocycles. The first kappa shape index (κ1) is 23.3. The van der Waals surface area contributed by atoms with E-state index in [4.69, 9.17) is 11.6 Å². The molecule has 2 aromatic carbocycles. The lowest BCUT2D eigenvalue weighted by Crippen LogP contribution is -2.44. The average molecular weight is 485 g/mol. The number of hydrogen-bond donors (Lipinski definition) is 1. The Labute approximate surface area is 198 Å². The van der Waals surface area contributed by atoms with Crippen molar-refractivity contribution in [1.82, 2.24) is 9.88 Å². The molecule has 4 rings (SSSR count). The summed E-state index contributed by atoms with van der Waals surface area (Å²) in [7, 11) is -3.49. The predicted octanol–water partition coefficient (Wildman–Crippen LogP) is 4.25. The summed E-state index contributed by atoms with van der Waals surface area (Å²) in [5, 5.41) is 3.53. The molecular formula is C25H25ClN2O4S. The summed E-state index contributed by atoms with van der Waals surface area (Å²) in [6, 6.07) is 17.7. The molecule has 1 aromatic heterocycles. The second-order valence-electron chi connectivity index (χ2n) is 8.32. The van der Waals surface area contributed by atoms with E-state index in [9.17, 15) is 18.0 Å². The number of halogens is 1. The molecule has 6 nitrogen and oxygen atoms in total. The van der Waals surface area contributed by atoms with E-state index in [1.54, 1.807) is 54.7 Å². The smallest absolute Gasteiger partial charge is 0.255 e. The summed E-state index contributed by atoms with van der Waals surface area (Å²) in [6.07, 6.45) is 5.04. The molecule has 0 aliphatic heterocycles. The standard InChI is InChI=1S/C25H25ClN2O4S/c26-20-10-14-22(15-11-20)33(31,32)17-19-5-1-2-6-23(19)27-25(30)18-8-12-21(13-9-18)28-16-4-3-7-24(28)29/h3-4,7-16,19,23H,1-2,5-6,17H2,(H,27,30)/t19?,23-/m0/s1. The van der Waals surface area contributed by atoms with Gasteiger partial charge in [-0.2, -0.15) is 0 Å². The van der Waals surface area contributed by atoms with Crippen molar-refractivity contribution < 1.29 is 13.2 Å². The molecule has 1 aliphatic carbocycles. The van der Waals surface area contributed by atoms with Crippen molar-refractivity contribution in [1.29, 1.82) is 0 Å². The fraction of sp³-hybridized carbons (Fsp3) is 0.280. The van der Waals surface area contributed by atoms with Crippen molar-refractivity contribution in [3.05, 3.63) is 93.9 Å². The molecule has 0 bridgehead atoms. The third-order valence-corrected chi connectivity index (χ3v) is 8.17. The molecule has 0 radical (unpaired) electrons. The number of hydrogen-bond acceptors (Lipinski definition) is 4. The lowest BCUT2D eigenvalue weighted by molar-refractivity contribution is 0.0911. The Bertz CT molecular complexity index is 1280. The van der Waals surface area contributed by atoms with Gasteiger partial charge in [0, 0.05) is 34.6 Å². The SMILES string of the molecule is O=C(N[C@H]1CCCCC1CS(=O)(=O)c1ccc(Cl)cc1)c1ccc(-n2ccccc2=O)cc1. The Morgan fingerprint density at radius 1 is 0.970 bits per heavy atom. The molecule has 1 fully saturated rings. The van der Waals surface area contributed by atoms with Gasteiger partial charge in [0.25, 0.3) is 11.5 Å². The second kappa shape index (κ2) is 9.93. The van der Waals surface area contributed by atoms with Crippen LogP contribution in [-0.4, -0.2) is 30.7 Å². The fourth-order valence-corrected chi connectivity index (χ4v) is 6.11. The Balaban J connectivity index is 1.46. The third-order valence-electron chi connectivity index (χ3n) is 6.06. The predicted molar refractivity (Wildman–Crippen MR) is 129 cm³/mol. The lowest BCUT2D eigenvalue weighted by Gasteiger charge is -2.32. The number of carbonyl (C=O) groups is 1. The fourth-order valence-electron chi connectivity index (χ4n) is 4.28. The number of amides is 1. The number of pyridine rings is 1. The molecule has 2 atom stereocenters. The van der Waals surface area contributed by atoms with Crippen LogP contribution in [0, 0.1) is 5.92 Å². The summed E-state index contributed by atoms with van der Waals surface area (Å²) >= 11 is 5.89. The van der Waals surface area contributed by atoms with Crippen LogP contribution in [0.25, 0.3) is 5.69 Å². The van der Waals surface area contributed by atoms with Gasteiger partial charge in [0.05, 0.1) is 10.6 Å². The molecule has 172 valence electrons. The molecule has 1 saturated carbocycles. The largest absolute Gasteiger partial charge is 0.349 e. The van der Waals surface area contributed by atoms with Gasteiger partial charge >= 0.3 is 0 Å². The highest BCUT2D eigenvalue weighted by molar-refractivity contribution is 7.91. The molecule has 8 heteroatoms. The highest BCUT2D eigenvalue weighted by atomic mass is 35.5. The van der Waals surface area contributed by atoms with E-state index < -0.39 is 9.84 Å². The van der Waals surface area contributed by atoms with E-state index in [1.807, 2.05) is 0 Å². The van der Waals surface area contributed by atoms with Crippen molar-refractivity contribution in [2.75, 3.05) is 5.75 Å². The Hall–Kier alpha value is -2.90. The summed E-state index contributed by atoms with van der Waals surface area (Å²) < 4.78 is 27.4. The van der Waals surface area contributed by atoms with Crippen LogP contribution in [0.3, 0.4) is 0 Å². The number of nitrogens with one attached hydrogen (secondary N) is 1. The minimum Gasteiger partial charge on any atom is -0.349 e. The minimum atomic E-state index is -3.49. The summed E-state index contributed by atoms with van der Waals surface area (Å²) in [5.41, 5.74) is 0.982. The number of rotatable bonds is 6. The zero-order chi connectivity index (χ0) is 23.4. The Kier molecular flexibility index (Phi) is 7.00. The maximum Gasteiger partial charge on any atom is 0.255 e. The van der Waals surface area contributed by atoms with E-state index in [-0.39, 0.29) is 34.1 Å². The number of aromatic nitrogens is 1. The number of benzene rings is 2. The Morgan fingerprint density at radius 2 is 1.67 bits per heavy atom. The molecule has 1 aliphatic rings. The molecule has 0 spiro atoms.